The molecule has 0 unspecified atom stereocenters. The van der Waals surface area contributed by atoms with E-state index in [-0.39, 0.29) is 12.1 Å². The third-order valence-electron chi connectivity index (χ3n) is 3.90. The molecule has 4 amide bonds. The van der Waals surface area contributed by atoms with Crippen LogP contribution in [-0.4, -0.2) is 67.0 Å². The van der Waals surface area contributed by atoms with Gasteiger partial charge in [-0.15, -0.1) is 0 Å². The first-order valence-electron chi connectivity index (χ1n) is 6.82. The number of imide groups is 1. The van der Waals surface area contributed by atoms with Gasteiger partial charge in [-0.25, -0.2) is 14.5 Å². The number of carbonyl (C=O) groups excluding carboxylic acids is 2. The van der Waals surface area contributed by atoms with Gasteiger partial charge in [0.05, 0.1) is 13.2 Å². The number of carbonyl (C=O) groups is 2. The summed E-state index contributed by atoms with van der Waals surface area (Å²) in [5, 5.41) is 2.64. The van der Waals surface area contributed by atoms with E-state index in [0.717, 1.165) is 19.6 Å². The van der Waals surface area contributed by atoms with Crippen molar-refractivity contribution in [3.05, 3.63) is 0 Å². The topological polar surface area (TPSA) is 71.1 Å². The fourth-order valence-corrected chi connectivity index (χ4v) is 2.77. The molecule has 0 aliphatic carbocycles. The maximum atomic E-state index is 12.2. The predicted molar refractivity (Wildman–Crippen MR) is 65.6 cm³/mol. The summed E-state index contributed by atoms with van der Waals surface area (Å²) in [5.74, 6) is -0.498. The number of amides is 4. The highest BCUT2D eigenvalue weighted by molar-refractivity contribution is 5.94. The zero-order valence-corrected chi connectivity index (χ0v) is 10.9. The summed E-state index contributed by atoms with van der Waals surface area (Å²) in [6.07, 6.45) is 2.28. The molecule has 3 saturated heterocycles. The molecule has 19 heavy (non-hydrogen) atoms. The minimum atomic E-state index is -0.498. The number of nitrogens with one attached hydrogen (secondary N) is 1. The molecule has 7 nitrogen and oxygen atoms in total. The second-order valence-electron chi connectivity index (χ2n) is 5.11. The third-order valence-corrected chi connectivity index (χ3v) is 3.90. The summed E-state index contributed by atoms with van der Waals surface area (Å²) in [5.41, 5.74) is 0. The van der Waals surface area contributed by atoms with Gasteiger partial charge in [0.25, 0.3) is 0 Å². The van der Waals surface area contributed by atoms with Gasteiger partial charge < -0.3 is 19.7 Å². The SMILES string of the molecule is O=C1NCCN1C(=O)N1CCC2(CC1)OCCCO2. The van der Waals surface area contributed by atoms with Gasteiger partial charge >= 0.3 is 12.1 Å². The normalized spacial score (nSPS) is 26.6. The first kappa shape index (κ1) is 12.7. The lowest BCUT2D eigenvalue weighted by atomic mass is 10.0. The molecule has 3 rings (SSSR count). The molecule has 1 N–H and O–H groups in total. The van der Waals surface area contributed by atoms with Crippen LogP contribution >= 0.6 is 0 Å². The van der Waals surface area contributed by atoms with Crippen LogP contribution in [0, 0.1) is 0 Å². The van der Waals surface area contributed by atoms with Crippen LogP contribution in [0.15, 0.2) is 0 Å². The van der Waals surface area contributed by atoms with Gasteiger partial charge in [-0.2, -0.15) is 0 Å². The number of rotatable bonds is 0. The minimum Gasteiger partial charge on any atom is -0.350 e. The number of ether oxygens (including phenoxy) is 2. The van der Waals surface area contributed by atoms with E-state index in [1.165, 1.54) is 4.90 Å². The Balaban J connectivity index is 1.57. The van der Waals surface area contributed by atoms with Crippen LogP contribution in [0.1, 0.15) is 19.3 Å². The van der Waals surface area contributed by atoms with Gasteiger partial charge in [-0.3, -0.25) is 0 Å². The van der Waals surface area contributed by atoms with E-state index in [0.29, 0.717) is 39.0 Å². The van der Waals surface area contributed by atoms with Gasteiger partial charge in [-0.1, -0.05) is 0 Å². The Hall–Kier alpha value is -1.34. The Morgan fingerprint density at radius 3 is 2.42 bits per heavy atom. The number of nitrogens with zero attached hydrogens (tertiary/aromatic N) is 2. The Morgan fingerprint density at radius 2 is 1.84 bits per heavy atom. The lowest BCUT2D eigenvalue weighted by molar-refractivity contribution is -0.281. The molecule has 3 heterocycles. The fraction of sp³-hybridized carbons (Fsp3) is 0.833. The first-order valence-corrected chi connectivity index (χ1v) is 6.82. The number of urea groups is 2. The molecule has 0 saturated carbocycles. The molecule has 0 bridgehead atoms. The Morgan fingerprint density at radius 1 is 1.16 bits per heavy atom. The quantitative estimate of drug-likeness (QED) is 0.689. The number of likely N-dealkylation sites (tertiary alicyclic amines) is 1. The van der Waals surface area contributed by atoms with Gasteiger partial charge in [-0.05, 0) is 6.42 Å². The molecule has 106 valence electrons. The van der Waals surface area contributed by atoms with Crippen molar-refractivity contribution in [3.63, 3.8) is 0 Å². The summed E-state index contributed by atoms with van der Waals surface area (Å²) in [6.45, 7) is 3.58. The molecule has 0 aromatic heterocycles. The van der Waals surface area contributed by atoms with Crippen LogP contribution in [0.2, 0.25) is 0 Å². The maximum absolute atomic E-state index is 12.2. The zero-order valence-electron chi connectivity index (χ0n) is 10.9. The Kier molecular flexibility index (Phi) is 3.32. The van der Waals surface area contributed by atoms with Crippen molar-refractivity contribution in [2.45, 2.75) is 25.0 Å². The summed E-state index contributed by atoms with van der Waals surface area (Å²) in [4.78, 5) is 26.6. The smallest absolute Gasteiger partial charge is 0.328 e. The largest absolute Gasteiger partial charge is 0.350 e. The molecule has 3 fully saturated rings. The van der Waals surface area contributed by atoms with Gasteiger partial charge in [0.15, 0.2) is 5.79 Å². The molecule has 1 spiro atoms. The van der Waals surface area contributed by atoms with Gasteiger partial charge in [0.2, 0.25) is 0 Å². The molecule has 7 heteroatoms. The van der Waals surface area contributed by atoms with Crippen molar-refractivity contribution in [2.24, 2.45) is 0 Å². The lowest BCUT2D eigenvalue weighted by Crippen LogP contribution is -2.54. The lowest BCUT2D eigenvalue weighted by Gasteiger charge is -2.43. The second kappa shape index (κ2) is 4.97. The Labute approximate surface area is 111 Å². The highest BCUT2D eigenvalue weighted by Gasteiger charge is 2.41. The van der Waals surface area contributed by atoms with E-state index in [2.05, 4.69) is 5.32 Å². The number of hydrogen-bond donors (Lipinski definition) is 1. The monoisotopic (exact) mass is 269 g/mol. The van der Waals surface area contributed by atoms with E-state index in [1.54, 1.807) is 4.90 Å². The molecule has 0 atom stereocenters. The van der Waals surface area contributed by atoms with Crippen molar-refractivity contribution in [1.82, 2.24) is 15.1 Å². The third kappa shape index (κ3) is 2.40. The van der Waals surface area contributed by atoms with Crippen molar-refractivity contribution in [2.75, 3.05) is 39.4 Å². The molecular formula is C12H19N3O4. The maximum Gasteiger partial charge on any atom is 0.328 e. The van der Waals surface area contributed by atoms with Crippen molar-refractivity contribution in [1.29, 1.82) is 0 Å². The molecule has 3 aliphatic rings. The molecule has 0 aromatic rings. The molecule has 3 aliphatic heterocycles. The zero-order chi connectivity index (χ0) is 13.3. The van der Waals surface area contributed by atoms with E-state index in [1.807, 2.05) is 0 Å². The van der Waals surface area contributed by atoms with E-state index in [4.69, 9.17) is 9.47 Å². The average Bonchev–Trinajstić information content (AvgIpc) is 2.86. The molecule has 0 radical (unpaired) electrons. The summed E-state index contributed by atoms with van der Waals surface area (Å²) in [6, 6.07) is -0.504. The van der Waals surface area contributed by atoms with Gasteiger partial charge in [0.1, 0.15) is 0 Å². The molecular weight excluding hydrogens is 250 g/mol. The van der Waals surface area contributed by atoms with Crippen LogP contribution in [-0.2, 0) is 9.47 Å². The minimum absolute atomic E-state index is 0.208. The standard InChI is InChI=1S/C12H19N3O4/c16-10-13-4-7-15(10)11(17)14-5-2-12(3-6-14)18-8-1-9-19-12/h1-9H2,(H,13,16). The summed E-state index contributed by atoms with van der Waals surface area (Å²) in [7, 11) is 0. The average molecular weight is 269 g/mol. The first-order chi connectivity index (χ1) is 9.20. The van der Waals surface area contributed by atoms with Crippen LogP contribution < -0.4 is 5.32 Å². The fourth-order valence-electron chi connectivity index (χ4n) is 2.77. The summed E-state index contributed by atoms with van der Waals surface area (Å²) < 4.78 is 11.5. The number of hydrogen-bond acceptors (Lipinski definition) is 4. The van der Waals surface area contributed by atoms with Crippen LogP contribution in [0.25, 0.3) is 0 Å². The summed E-state index contributed by atoms with van der Waals surface area (Å²) >= 11 is 0. The highest BCUT2D eigenvalue weighted by Crippen LogP contribution is 2.31. The second-order valence-corrected chi connectivity index (χ2v) is 5.11. The van der Waals surface area contributed by atoms with E-state index >= 15 is 0 Å². The highest BCUT2D eigenvalue weighted by atomic mass is 16.7. The predicted octanol–water partition coefficient (Wildman–Crippen LogP) is 0.361. The van der Waals surface area contributed by atoms with Gasteiger partial charge in [0, 0.05) is 39.0 Å². The van der Waals surface area contributed by atoms with Crippen molar-refractivity contribution >= 4 is 12.1 Å². The van der Waals surface area contributed by atoms with Crippen LogP contribution in [0.3, 0.4) is 0 Å². The van der Waals surface area contributed by atoms with E-state index < -0.39 is 5.79 Å². The van der Waals surface area contributed by atoms with E-state index in [9.17, 15) is 9.59 Å². The molecule has 0 aromatic carbocycles. The number of piperidine rings is 1. The van der Waals surface area contributed by atoms with Crippen LogP contribution in [0.5, 0.6) is 0 Å². The van der Waals surface area contributed by atoms with Crippen molar-refractivity contribution in [3.8, 4) is 0 Å². The Bertz CT molecular complexity index is 371. The van der Waals surface area contributed by atoms with Crippen LogP contribution in [0.4, 0.5) is 9.59 Å². The van der Waals surface area contributed by atoms with Crippen molar-refractivity contribution < 1.29 is 19.1 Å².